The van der Waals surface area contributed by atoms with Gasteiger partial charge in [-0.1, -0.05) is 42.5 Å². The van der Waals surface area contributed by atoms with E-state index in [2.05, 4.69) is 5.32 Å². The van der Waals surface area contributed by atoms with E-state index in [0.717, 1.165) is 12.8 Å². The van der Waals surface area contributed by atoms with Crippen molar-refractivity contribution in [3.63, 3.8) is 0 Å². The van der Waals surface area contributed by atoms with Gasteiger partial charge in [0.05, 0.1) is 10.5 Å². The van der Waals surface area contributed by atoms with E-state index in [1.54, 1.807) is 6.07 Å². The molecule has 0 atom stereocenters. The number of nitrogens with zero attached hydrogens (tertiary/aromatic N) is 1. The summed E-state index contributed by atoms with van der Waals surface area (Å²) in [5.74, 6) is -0.867. The highest BCUT2D eigenvalue weighted by Crippen LogP contribution is 2.16. The lowest BCUT2D eigenvalue weighted by atomic mass is 10.1. The summed E-state index contributed by atoms with van der Waals surface area (Å²) in [5, 5.41) is 13.6. The predicted molar refractivity (Wildman–Crippen MR) is 99.5 cm³/mol. The third-order valence-corrected chi connectivity index (χ3v) is 3.79. The van der Waals surface area contributed by atoms with Crippen LogP contribution in [0.5, 0.6) is 0 Å². The Balaban J connectivity index is 1.99. The molecule has 0 saturated heterocycles. The zero-order valence-corrected chi connectivity index (χ0v) is 14.5. The van der Waals surface area contributed by atoms with Gasteiger partial charge in [-0.05, 0) is 37.0 Å². The minimum Gasteiger partial charge on any atom is -0.352 e. The van der Waals surface area contributed by atoms with E-state index in [4.69, 9.17) is 0 Å². The first kappa shape index (κ1) is 19.1. The maximum Gasteiger partial charge on any atom is 0.270 e. The number of nitro groups is 1. The molecule has 134 valence electrons. The maximum atomic E-state index is 12.3. The van der Waals surface area contributed by atoms with Crippen LogP contribution in [0, 0.1) is 10.1 Å². The van der Waals surface area contributed by atoms with Crippen LogP contribution in [-0.2, 0) is 16.0 Å². The SMILES string of the molecule is CC(=O)C(=Cc1cccc([N+](=O)[O-])c1)C(=O)NCCCc1ccccc1. The molecular weight excluding hydrogens is 332 g/mol. The topological polar surface area (TPSA) is 89.3 Å². The molecule has 0 bridgehead atoms. The fourth-order valence-corrected chi connectivity index (χ4v) is 2.46. The van der Waals surface area contributed by atoms with Crippen LogP contribution in [0.25, 0.3) is 6.08 Å². The number of nitro benzene ring substituents is 1. The summed E-state index contributed by atoms with van der Waals surface area (Å²) < 4.78 is 0. The first-order valence-electron chi connectivity index (χ1n) is 8.26. The molecule has 1 amide bonds. The van der Waals surface area contributed by atoms with Crippen LogP contribution in [0.4, 0.5) is 5.69 Å². The Morgan fingerprint density at radius 3 is 2.50 bits per heavy atom. The van der Waals surface area contributed by atoms with E-state index in [0.29, 0.717) is 12.1 Å². The van der Waals surface area contributed by atoms with Crippen molar-refractivity contribution in [3.8, 4) is 0 Å². The number of rotatable bonds is 8. The minimum atomic E-state index is -0.519. The normalized spacial score (nSPS) is 11.0. The minimum absolute atomic E-state index is 0.0230. The second-order valence-electron chi connectivity index (χ2n) is 5.81. The number of carbonyl (C=O) groups excluding carboxylic acids is 2. The molecule has 0 heterocycles. The zero-order chi connectivity index (χ0) is 18.9. The van der Waals surface area contributed by atoms with Gasteiger partial charge in [0.25, 0.3) is 11.6 Å². The number of non-ortho nitro benzene ring substituents is 1. The average molecular weight is 352 g/mol. The predicted octanol–water partition coefficient (Wildman–Crippen LogP) is 3.32. The molecule has 26 heavy (non-hydrogen) atoms. The molecule has 0 fully saturated rings. The van der Waals surface area contributed by atoms with Gasteiger partial charge in [0, 0.05) is 18.7 Å². The van der Waals surface area contributed by atoms with Crippen molar-refractivity contribution in [2.75, 3.05) is 6.54 Å². The third-order valence-electron chi connectivity index (χ3n) is 3.79. The quantitative estimate of drug-likeness (QED) is 0.197. The summed E-state index contributed by atoms with van der Waals surface area (Å²) in [6, 6.07) is 15.7. The van der Waals surface area contributed by atoms with Gasteiger partial charge in [-0.3, -0.25) is 19.7 Å². The lowest BCUT2D eigenvalue weighted by Crippen LogP contribution is -2.28. The number of aryl methyl sites for hydroxylation is 1. The standard InChI is InChI=1S/C20H20N2O4/c1-15(23)19(14-17-9-5-11-18(13-17)22(25)26)20(24)21-12-6-10-16-7-3-2-4-8-16/h2-5,7-9,11,13-14H,6,10,12H2,1H3,(H,21,24). The maximum absolute atomic E-state index is 12.3. The monoisotopic (exact) mass is 352 g/mol. The molecule has 0 radical (unpaired) electrons. The molecule has 2 aromatic rings. The van der Waals surface area contributed by atoms with Crippen LogP contribution in [-0.4, -0.2) is 23.2 Å². The van der Waals surface area contributed by atoms with Gasteiger partial charge in [0.15, 0.2) is 5.78 Å². The summed E-state index contributed by atoms with van der Waals surface area (Å²) in [4.78, 5) is 34.4. The fourth-order valence-electron chi connectivity index (χ4n) is 2.46. The molecule has 0 aliphatic heterocycles. The molecule has 1 N–H and O–H groups in total. The van der Waals surface area contributed by atoms with Crippen LogP contribution in [0.15, 0.2) is 60.2 Å². The summed E-state index contributed by atoms with van der Waals surface area (Å²) in [6.07, 6.45) is 2.95. The van der Waals surface area contributed by atoms with Crippen molar-refractivity contribution in [2.24, 2.45) is 0 Å². The van der Waals surface area contributed by atoms with E-state index in [9.17, 15) is 19.7 Å². The van der Waals surface area contributed by atoms with Crippen molar-refractivity contribution >= 4 is 23.5 Å². The van der Waals surface area contributed by atoms with Gasteiger partial charge < -0.3 is 5.32 Å². The third kappa shape index (κ3) is 5.66. The van der Waals surface area contributed by atoms with E-state index >= 15 is 0 Å². The highest BCUT2D eigenvalue weighted by Gasteiger charge is 2.15. The first-order valence-corrected chi connectivity index (χ1v) is 8.26. The number of nitrogens with one attached hydrogen (secondary N) is 1. The van der Waals surface area contributed by atoms with Gasteiger partial charge in [0.2, 0.25) is 0 Å². The summed E-state index contributed by atoms with van der Waals surface area (Å²) in [7, 11) is 0. The fraction of sp³-hybridized carbons (Fsp3) is 0.200. The molecule has 0 spiro atoms. The summed E-state index contributed by atoms with van der Waals surface area (Å²) in [5.41, 5.74) is 1.50. The highest BCUT2D eigenvalue weighted by atomic mass is 16.6. The Labute approximate surface area is 151 Å². The molecule has 6 heteroatoms. The van der Waals surface area contributed by atoms with E-state index < -0.39 is 16.6 Å². The molecule has 2 rings (SSSR count). The van der Waals surface area contributed by atoms with Gasteiger partial charge in [-0.15, -0.1) is 0 Å². The number of hydrogen-bond acceptors (Lipinski definition) is 4. The first-order chi connectivity index (χ1) is 12.5. The van der Waals surface area contributed by atoms with Crippen LogP contribution in [0.3, 0.4) is 0 Å². The Morgan fingerprint density at radius 2 is 1.85 bits per heavy atom. The van der Waals surface area contributed by atoms with Crippen molar-refractivity contribution in [1.29, 1.82) is 0 Å². The van der Waals surface area contributed by atoms with Crippen LogP contribution in [0.1, 0.15) is 24.5 Å². The van der Waals surface area contributed by atoms with E-state index in [1.807, 2.05) is 30.3 Å². The largest absolute Gasteiger partial charge is 0.352 e. The number of Topliss-reactive ketones (excluding diaryl/α,β-unsaturated/α-hetero) is 1. The van der Waals surface area contributed by atoms with Crippen LogP contribution < -0.4 is 5.32 Å². The molecule has 0 saturated carbocycles. The molecule has 0 aromatic heterocycles. The number of amides is 1. The van der Waals surface area contributed by atoms with Gasteiger partial charge in [0.1, 0.15) is 0 Å². The molecule has 0 unspecified atom stereocenters. The Bertz CT molecular complexity index is 829. The summed E-state index contributed by atoms with van der Waals surface area (Å²) in [6.45, 7) is 1.74. The average Bonchev–Trinajstić information content (AvgIpc) is 2.64. The van der Waals surface area contributed by atoms with Gasteiger partial charge >= 0.3 is 0 Å². The van der Waals surface area contributed by atoms with Crippen molar-refractivity contribution in [3.05, 3.63) is 81.4 Å². The molecule has 0 aliphatic rings. The number of hydrogen-bond donors (Lipinski definition) is 1. The van der Waals surface area contributed by atoms with Crippen molar-refractivity contribution in [2.45, 2.75) is 19.8 Å². The van der Waals surface area contributed by atoms with Crippen LogP contribution in [0.2, 0.25) is 0 Å². The molecular formula is C20H20N2O4. The Morgan fingerprint density at radius 1 is 1.12 bits per heavy atom. The van der Waals surface area contributed by atoms with Gasteiger partial charge in [-0.25, -0.2) is 0 Å². The highest BCUT2D eigenvalue weighted by molar-refractivity contribution is 6.21. The molecule has 2 aromatic carbocycles. The molecule has 0 aliphatic carbocycles. The van der Waals surface area contributed by atoms with Gasteiger partial charge in [-0.2, -0.15) is 0 Å². The van der Waals surface area contributed by atoms with E-state index in [1.165, 1.54) is 36.8 Å². The van der Waals surface area contributed by atoms with E-state index in [-0.39, 0.29) is 11.3 Å². The van der Waals surface area contributed by atoms with Crippen molar-refractivity contribution in [1.82, 2.24) is 5.32 Å². The van der Waals surface area contributed by atoms with Crippen molar-refractivity contribution < 1.29 is 14.5 Å². The molecule has 6 nitrogen and oxygen atoms in total. The second-order valence-corrected chi connectivity index (χ2v) is 5.81. The summed E-state index contributed by atoms with van der Waals surface area (Å²) >= 11 is 0. The second kappa shape index (κ2) is 9.27. The lowest BCUT2D eigenvalue weighted by Gasteiger charge is -2.07. The number of benzene rings is 2. The Kier molecular flexibility index (Phi) is 6.79. The number of ketones is 1. The smallest absolute Gasteiger partial charge is 0.270 e. The lowest BCUT2D eigenvalue weighted by molar-refractivity contribution is -0.384. The number of carbonyl (C=O) groups is 2. The zero-order valence-electron chi connectivity index (χ0n) is 14.5. The van der Waals surface area contributed by atoms with Crippen LogP contribution >= 0.6 is 0 Å². The Hall–Kier alpha value is -3.28.